The normalized spacial score (nSPS) is 15.8. The topological polar surface area (TPSA) is 30.2 Å². The molecule has 2 heterocycles. The minimum atomic E-state index is 0.572. The van der Waals surface area contributed by atoms with Crippen molar-refractivity contribution >= 4 is 17.1 Å². The standard InChI is InChI=1S/C10H10ClN3/c11-10-9-7-3-1-2-4-8(7)13-14(9)6-5-12-10/h5-6H,1-4H2. The molecular formula is C10H10ClN3. The van der Waals surface area contributed by atoms with Crippen molar-refractivity contribution in [2.45, 2.75) is 25.7 Å². The fourth-order valence-corrected chi connectivity index (χ4v) is 2.38. The number of nitrogens with zero attached hydrogens (tertiary/aromatic N) is 3. The Morgan fingerprint density at radius 2 is 2.14 bits per heavy atom. The first kappa shape index (κ1) is 8.24. The van der Waals surface area contributed by atoms with E-state index >= 15 is 0 Å². The molecule has 0 aromatic carbocycles. The maximum Gasteiger partial charge on any atom is 0.155 e. The average Bonchev–Trinajstić information content (AvgIpc) is 2.57. The van der Waals surface area contributed by atoms with Crippen molar-refractivity contribution in [3.63, 3.8) is 0 Å². The molecule has 14 heavy (non-hydrogen) atoms. The molecule has 1 aliphatic carbocycles. The van der Waals surface area contributed by atoms with E-state index in [0.29, 0.717) is 5.15 Å². The molecule has 2 aromatic rings. The lowest BCUT2D eigenvalue weighted by atomic mass is 9.97. The zero-order valence-corrected chi connectivity index (χ0v) is 8.46. The molecule has 3 nitrogen and oxygen atoms in total. The van der Waals surface area contributed by atoms with Gasteiger partial charge in [-0.3, -0.25) is 0 Å². The average molecular weight is 208 g/mol. The molecule has 0 bridgehead atoms. The van der Waals surface area contributed by atoms with Crippen LogP contribution in [0.15, 0.2) is 12.4 Å². The van der Waals surface area contributed by atoms with Gasteiger partial charge in [-0.05, 0) is 25.7 Å². The molecule has 0 amide bonds. The third-order valence-electron chi connectivity index (χ3n) is 2.77. The van der Waals surface area contributed by atoms with Crippen LogP contribution in [0.2, 0.25) is 5.15 Å². The Morgan fingerprint density at radius 3 is 3.07 bits per heavy atom. The summed E-state index contributed by atoms with van der Waals surface area (Å²) in [6.07, 6.45) is 8.19. The highest BCUT2D eigenvalue weighted by molar-refractivity contribution is 6.32. The zero-order chi connectivity index (χ0) is 9.54. The summed E-state index contributed by atoms with van der Waals surface area (Å²) in [6, 6.07) is 0. The van der Waals surface area contributed by atoms with Crippen molar-refractivity contribution < 1.29 is 0 Å². The Bertz CT molecular complexity index is 489. The zero-order valence-electron chi connectivity index (χ0n) is 7.70. The summed E-state index contributed by atoms with van der Waals surface area (Å²) >= 11 is 6.06. The van der Waals surface area contributed by atoms with Crippen molar-refractivity contribution in [2.75, 3.05) is 0 Å². The van der Waals surface area contributed by atoms with E-state index in [0.717, 1.165) is 18.4 Å². The Labute approximate surface area is 86.7 Å². The third-order valence-corrected chi connectivity index (χ3v) is 3.05. The minimum absolute atomic E-state index is 0.572. The van der Waals surface area contributed by atoms with E-state index in [4.69, 9.17) is 11.6 Å². The molecule has 0 N–H and O–H groups in total. The van der Waals surface area contributed by atoms with Crippen LogP contribution in [0, 0.1) is 0 Å². The van der Waals surface area contributed by atoms with Crippen LogP contribution in [0.3, 0.4) is 0 Å². The summed E-state index contributed by atoms with van der Waals surface area (Å²) in [6.45, 7) is 0. The minimum Gasteiger partial charge on any atom is -0.241 e. The van der Waals surface area contributed by atoms with E-state index < -0.39 is 0 Å². The van der Waals surface area contributed by atoms with E-state index in [-0.39, 0.29) is 0 Å². The van der Waals surface area contributed by atoms with Crippen LogP contribution in [-0.2, 0) is 12.8 Å². The van der Waals surface area contributed by atoms with E-state index in [1.165, 1.54) is 24.1 Å². The number of halogens is 1. The second-order valence-electron chi connectivity index (χ2n) is 3.64. The summed E-state index contributed by atoms with van der Waals surface area (Å²) in [5.41, 5.74) is 3.50. The van der Waals surface area contributed by atoms with Gasteiger partial charge < -0.3 is 0 Å². The van der Waals surface area contributed by atoms with E-state index in [1.807, 2.05) is 10.7 Å². The van der Waals surface area contributed by atoms with Gasteiger partial charge in [-0.2, -0.15) is 5.10 Å². The SMILES string of the molecule is Clc1nccn2nc3c(c12)CCCC3. The highest BCUT2D eigenvalue weighted by Gasteiger charge is 2.18. The molecule has 1 aliphatic rings. The molecule has 72 valence electrons. The Kier molecular flexibility index (Phi) is 1.74. The second kappa shape index (κ2) is 2.95. The quantitative estimate of drug-likeness (QED) is 0.664. The van der Waals surface area contributed by atoms with E-state index in [9.17, 15) is 0 Å². The maximum atomic E-state index is 6.06. The molecule has 0 radical (unpaired) electrons. The number of aromatic nitrogens is 3. The number of fused-ring (bicyclic) bond motifs is 3. The van der Waals surface area contributed by atoms with Crippen molar-refractivity contribution in [3.05, 3.63) is 28.8 Å². The molecule has 0 spiro atoms. The van der Waals surface area contributed by atoms with E-state index in [2.05, 4.69) is 10.1 Å². The molecule has 0 saturated carbocycles. The van der Waals surface area contributed by atoms with Crippen LogP contribution in [0.4, 0.5) is 0 Å². The third kappa shape index (κ3) is 1.05. The van der Waals surface area contributed by atoms with Crippen molar-refractivity contribution in [1.82, 2.24) is 14.6 Å². The first-order valence-corrected chi connectivity index (χ1v) is 5.24. The molecular weight excluding hydrogens is 198 g/mol. The first-order valence-electron chi connectivity index (χ1n) is 4.87. The number of hydrogen-bond donors (Lipinski definition) is 0. The molecule has 0 unspecified atom stereocenters. The lowest BCUT2D eigenvalue weighted by Gasteiger charge is -2.08. The molecule has 2 aromatic heterocycles. The fourth-order valence-electron chi connectivity index (χ4n) is 2.12. The molecule has 0 fully saturated rings. The van der Waals surface area contributed by atoms with Gasteiger partial charge in [0, 0.05) is 18.0 Å². The van der Waals surface area contributed by atoms with Gasteiger partial charge in [0.05, 0.1) is 5.69 Å². The highest BCUT2D eigenvalue weighted by Crippen LogP contribution is 2.27. The molecule has 0 saturated heterocycles. The predicted octanol–water partition coefficient (Wildman–Crippen LogP) is 2.26. The maximum absolute atomic E-state index is 6.06. The fraction of sp³-hybridized carbons (Fsp3) is 0.400. The molecule has 0 aliphatic heterocycles. The molecule has 3 rings (SSSR count). The Hall–Kier alpha value is -1.09. The monoisotopic (exact) mass is 207 g/mol. The lowest BCUT2D eigenvalue weighted by Crippen LogP contribution is -2.00. The smallest absolute Gasteiger partial charge is 0.155 e. The number of rotatable bonds is 0. The van der Waals surface area contributed by atoms with Gasteiger partial charge >= 0.3 is 0 Å². The highest BCUT2D eigenvalue weighted by atomic mass is 35.5. The van der Waals surface area contributed by atoms with Gasteiger partial charge in [0.1, 0.15) is 5.52 Å². The summed E-state index contributed by atoms with van der Waals surface area (Å²) in [5.74, 6) is 0. The Morgan fingerprint density at radius 1 is 1.29 bits per heavy atom. The second-order valence-corrected chi connectivity index (χ2v) is 4.00. The van der Waals surface area contributed by atoms with Crippen LogP contribution < -0.4 is 0 Å². The van der Waals surface area contributed by atoms with Crippen LogP contribution in [-0.4, -0.2) is 14.6 Å². The van der Waals surface area contributed by atoms with Crippen LogP contribution >= 0.6 is 11.6 Å². The van der Waals surface area contributed by atoms with Gasteiger partial charge in [0.2, 0.25) is 0 Å². The van der Waals surface area contributed by atoms with Gasteiger partial charge in [-0.15, -0.1) is 0 Å². The Balaban J connectivity index is 2.38. The number of aryl methyl sites for hydroxylation is 2. The molecule has 4 heteroatoms. The molecule has 0 atom stereocenters. The number of hydrogen-bond acceptors (Lipinski definition) is 2. The first-order chi connectivity index (χ1) is 6.86. The van der Waals surface area contributed by atoms with Gasteiger partial charge in [0.15, 0.2) is 5.15 Å². The summed E-state index contributed by atoms with van der Waals surface area (Å²) < 4.78 is 1.85. The van der Waals surface area contributed by atoms with Crippen LogP contribution in [0.5, 0.6) is 0 Å². The summed E-state index contributed by atoms with van der Waals surface area (Å²) in [4.78, 5) is 4.09. The van der Waals surface area contributed by atoms with Crippen molar-refractivity contribution in [2.24, 2.45) is 0 Å². The van der Waals surface area contributed by atoms with Crippen molar-refractivity contribution in [1.29, 1.82) is 0 Å². The van der Waals surface area contributed by atoms with Crippen LogP contribution in [0.25, 0.3) is 5.52 Å². The van der Waals surface area contributed by atoms with Gasteiger partial charge in [0.25, 0.3) is 0 Å². The largest absolute Gasteiger partial charge is 0.241 e. The summed E-state index contributed by atoms with van der Waals surface area (Å²) in [5, 5.41) is 5.08. The van der Waals surface area contributed by atoms with Gasteiger partial charge in [-0.25, -0.2) is 9.50 Å². The van der Waals surface area contributed by atoms with Crippen LogP contribution in [0.1, 0.15) is 24.1 Å². The van der Waals surface area contributed by atoms with Gasteiger partial charge in [-0.1, -0.05) is 11.6 Å². The predicted molar refractivity (Wildman–Crippen MR) is 54.6 cm³/mol. The van der Waals surface area contributed by atoms with Crippen molar-refractivity contribution in [3.8, 4) is 0 Å². The van der Waals surface area contributed by atoms with E-state index in [1.54, 1.807) is 6.20 Å². The summed E-state index contributed by atoms with van der Waals surface area (Å²) in [7, 11) is 0. The lowest BCUT2D eigenvalue weighted by molar-refractivity contribution is 0.673.